The molecule has 0 bridgehead atoms. The Hall–Kier alpha value is -1.86. The SMILES string of the molecule is O=C(CCCCCO[N+](=O)[O-])N[C@@H]1CCOC1=O. The highest BCUT2D eigenvalue weighted by molar-refractivity contribution is 5.85. The van der Waals surface area contributed by atoms with Crippen molar-refractivity contribution in [3.8, 4) is 0 Å². The van der Waals surface area contributed by atoms with Crippen LogP contribution in [0.1, 0.15) is 32.1 Å². The normalized spacial score (nSPS) is 18.2. The van der Waals surface area contributed by atoms with Gasteiger partial charge in [-0.15, -0.1) is 10.1 Å². The van der Waals surface area contributed by atoms with Crippen LogP contribution >= 0.6 is 0 Å². The average molecular weight is 260 g/mol. The quantitative estimate of drug-likeness (QED) is 0.289. The van der Waals surface area contributed by atoms with E-state index >= 15 is 0 Å². The van der Waals surface area contributed by atoms with Crippen LogP contribution in [0.25, 0.3) is 0 Å². The van der Waals surface area contributed by atoms with Gasteiger partial charge in [-0.1, -0.05) is 6.42 Å². The number of cyclic esters (lactones) is 1. The standard InChI is InChI=1S/C10H16N2O6/c13-9(11-8-5-7-17-10(8)14)4-2-1-3-6-18-12(15)16/h8H,1-7H2,(H,11,13)/t8-/m1/s1. The van der Waals surface area contributed by atoms with E-state index in [1.807, 2.05) is 0 Å². The van der Waals surface area contributed by atoms with E-state index in [1.54, 1.807) is 0 Å². The molecule has 1 heterocycles. The van der Waals surface area contributed by atoms with Gasteiger partial charge in [0.05, 0.1) is 13.2 Å². The Kier molecular flexibility index (Phi) is 5.89. The number of rotatable bonds is 8. The van der Waals surface area contributed by atoms with Crippen LogP contribution in [-0.2, 0) is 19.2 Å². The first-order chi connectivity index (χ1) is 8.59. The molecule has 0 aliphatic carbocycles. The Bertz CT molecular complexity index is 319. The van der Waals surface area contributed by atoms with Crippen molar-refractivity contribution in [1.82, 2.24) is 5.32 Å². The van der Waals surface area contributed by atoms with Gasteiger partial charge in [-0.2, -0.15) is 0 Å². The minimum Gasteiger partial charge on any atom is -0.464 e. The molecule has 1 atom stereocenters. The van der Waals surface area contributed by atoms with Gasteiger partial charge in [0.15, 0.2) is 0 Å². The molecule has 0 spiro atoms. The van der Waals surface area contributed by atoms with Crippen LogP contribution < -0.4 is 5.32 Å². The zero-order chi connectivity index (χ0) is 13.4. The van der Waals surface area contributed by atoms with E-state index in [2.05, 4.69) is 10.2 Å². The Labute approximate surface area is 104 Å². The number of nitrogens with one attached hydrogen (secondary N) is 1. The minimum absolute atomic E-state index is 0.0452. The molecule has 0 aromatic rings. The van der Waals surface area contributed by atoms with Crippen molar-refractivity contribution in [2.75, 3.05) is 13.2 Å². The summed E-state index contributed by atoms with van der Waals surface area (Å²) in [5.74, 6) is -0.586. The highest BCUT2D eigenvalue weighted by Gasteiger charge is 2.27. The summed E-state index contributed by atoms with van der Waals surface area (Å²) < 4.78 is 4.71. The van der Waals surface area contributed by atoms with E-state index < -0.39 is 11.1 Å². The van der Waals surface area contributed by atoms with Crippen LogP contribution in [0.4, 0.5) is 0 Å². The molecule has 8 nitrogen and oxygen atoms in total. The number of hydrogen-bond acceptors (Lipinski definition) is 6. The summed E-state index contributed by atoms with van der Waals surface area (Å²) in [5.41, 5.74) is 0. The van der Waals surface area contributed by atoms with Crippen LogP contribution in [0.15, 0.2) is 0 Å². The Morgan fingerprint density at radius 2 is 2.28 bits per heavy atom. The van der Waals surface area contributed by atoms with Crippen LogP contribution in [0, 0.1) is 10.1 Å². The summed E-state index contributed by atoms with van der Waals surface area (Å²) in [6.07, 6.45) is 2.61. The number of amides is 1. The molecule has 8 heteroatoms. The van der Waals surface area contributed by atoms with Gasteiger partial charge in [0.1, 0.15) is 6.04 Å². The number of ether oxygens (including phenoxy) is 1. The molecule has 1 saturated heterocycles. The highest BCUT2D eigenvalue weighted by atomic mass is 16.9. The first kappa shape index (κ1) is 14.2. The van der Waals surface area contributed by atoms with Gasteiger partial charge in [-0.05, 0) is 12.8 Å². The van der Waals surface area contributed by atoms with Gasteiger partial charge in [-0.3, -0.25) is 4.79 Å². The van der Waals surface area contributed by atoms with E-state index in [-0.39, 0.29) is 18.5 Å². The van der Waals surface area contributed by atoms with Crippen LogP contribution in [0.2, 0.25) is 0 Å². The fourth-order valence-corrected chi connectivity index (χ4v) is 1.60. The maximum atomic E-state index is 11.4. The third-order valence-corrected chi connectivity index (χ3v) is 2.52. The monoisotopic (exact) mass is 260 g/mol. The number of esters is 1. The number of hydrogen-bond donors (Lipinski definition) is 1. The molecular weight excluding hydrogens is 244 g/mol. The van der Waals surface area contributed by atoms with Crippen molar-refractivity contribution < 1.29 is 24.3 Å². The third-order valence-electron chi connectivity index (χ3n) is 2.52. The summed E-state index contributed by atoms with van der Waals surface area (Å²) >= 11 is 0. The summed E-state index contributed by atoms with van der Waals surface area (Å²) in [4.78, 5) is 36.5. The molecule has 18 heavy (non-hydrogen) atoms. The summed E-state index contributed by atoms with van der Waals surface area (Å²) in [7, 11) is 0. The van der Waals surface area contributed by atoms with Crippen molar-refractivity contribution in [3.63, 3.8) is 0 Å². The van der Waals surface area contributed by atoms with Crippen molar-refractivity contribution in [3.05, 3.63) is 10.1 Å². The van der Waals surface area contributed by atoms with Crippen LogP contribution in [0.5, 0.6) is 0 Å². The predicted molar refractivity (Wildman–Crippen MR) is 58.9 cm³/mol. The van der Waals surface area contributed by atoms with E-state index in [4.69, 9.17) is 4.74 Å². The first-order valence-electron chi connectivity index (χ1n) is 5.83. The van der Waals surface area contributed by atoms with Gasteiger partial charge < -0.3 is 14.9 Å². The van der Waals surface area contributed by atoms with E-state index in [9.17, 15) is 19.7 Å². The molecule has 0 unspecified atom stereocenters. The zero-order valence-corrected chi connectivity index (χ0v) is 9.92. The molecule has 1 aliphatic rings. The maximum Gasteiger partial charge on any atom is 0.328 e. The number of carbonyl (C=O) groups excluding carboxylic acids is 2. The van der Waals surface area contributed by atoms with Crippen molar-refractivity contribution >= 4 is 11.9 Å². The lowest BCUT2D eigenvalue weighted by Gasteiger charge is -2.08. The van der Waals surface area contributed by atoms with Crippen molar-refractivity contribution in [2.24, 2.45) is 0 Å². The largest absolute Gasteiger partial charge is 0.464 e. The summed E-state index contributed by atoms with van der Waals surface area (Å²) in [6.45, 7) is 0.394. The lowest BCUT2D eigenvalue weighted by Crippen LogP contribution is -2.37. The average Bonchev–Trinajstić information content (AvgIpc) is 2.69. The lowest BCUT2D eigenvalue weighted by atomic mass is 10.2. The first-order valence-corrected chi connectivity index (χ1v) is 5.83. The number of unbranched alkanes of at least 4 members (excludes halogenated alkanes) is 2. The predicted octanol–water partition coefficient (Wildman–Crippen LogP) is 0.187. The van der Waals surface area contributed by atoms with Gasteiger partial charge in [0, 0.05) is 12.8 Å². The molecular formula is C10H16N2O6. The third kappa shape index (κ3) is 5.46. The van der Waals surface area contributed by atoms with Crippen LogP contribution in [0.3, 0.4) is 0 Å². The number of carbonyl (C=O) groups is 2. The molecule has 1 N–H and O–H groups in total. The molecule has 0 aromatic carbocycles. The topological polar surface area (TPSA) is 108 Å². The molecule has 1 aliphatic heterocycles. The summed E-state index contributed by atoms with van der Waals surface area (Å²) in [6, 6.07) is -0.518. The van der Waals surface area contributed by atoms with Gasteiger partial charge >= 0.3 is 5.97 Å². The number of nitrogens with zero attached hydrogens (tertiary/aromatic N) is 1. The lowest BCUT2D eigenvalue weighted by molar-refractivity contribution is -0.757. The Morgan fingerprint density at radius 1 is 1.50 bits per heavy atom. The van der Waals surface area contributed by atoms with Crippen LogP contribution in [-0.4, -0.2) is 36.2 Å². The van der Waals surface area contributed by atoms with E-state index in [0.29, 0.717) is 38.7 Å². The Balaban J connectivity index is 2.00. The second kappa shape index (κ2) is 7.46. The van der Waals surface area contributed by atoms with Crippen molar-refractivity contribution in [1.29, 1.82) is 0 Å². The second-order valence-corrected chi connectivity index (χ2v) is 3.94. The fourth-order valence-electron chi connectivity index (χ4n) is 1.60. The maximum absolute atomic E-state index is 11.4. The molecule has 1 fully saturated rings. The zero-order valence-electron chi connectivity index (χ0n) is 9.92. The summed E-state index contributed by atoms with van der Waals surface area (Å²) in [5, 5.41) is 11.6. The minimum atomic E-state index is -0.835. The van der Waals surface area contributed by atoms with Gasteiger partial charge in [-0.25, -0.2) is 4.79 Å². The highest BCUT2D eigenvalue weighted by Crippen LogP contribution is 2.07. The smallest absolute Gasteiger partial charge is 0.328 e. The second-order valence-electron chi connectivity index (χ2n) is 3.94. The fraction of sp³-hybridized carbons (Fsp3) is 0.800. The van der Waals surface area contributed by atoms with Crippen molar-refractivity contribution in [2.45, 2.75) is 38.1 Å². The molecule has 0 radical (unpaired) electrons. The van der Waals surface area contributed by atoms with E-state index in [1.165, 1.54) is 0 Å². The molecule has 0 saturated carbocycles. The molecule has 1 rings (SSSR count). The molecule has 1 amide bonds. The van der Waals surface area contributed by atoms with E-state index in [0.717, 1.165) is 0 Å². The molecule has 102 valence electrons. The van der Waals surface area contributed by atoms with Gasteiger partial charge in [0.2, 0.25) is 5.91 Å². The Morgan fingerprint density at radius 3 is 2.89 bits per heavy atom. The van der Waals surface area contributed by atoms with Gasteiger partial charge in [0.25, 0.3) is 5.09 Å². The molecule has 0 aromatic heterocycles.